The standard InChI is InChI=1S/C25H47NO3/c1-7-8-9-10-11-12-13-14-15-16-17-29-26-24(3,4)19-22(20-25(26,5)6)18-21(2)23(27)28/h22H,2,7-20H2,1,3-6H3,(H,27,28). The minimum atomic E-state index is -0.875. The number of nitrogens with zero attached hydrogens (tertiary/aromatic N) is 1. The fourth-order valence-electron chi connectivity index (χ4n) is 5.15. The van der Waals surface area contributed by atoms with Gasteiger partial charge in [-0.3, -0.25) is 4.84 Å². The molecule has 1 saturated heterocycles. The first-order chi connectivity index (χ1) is 13.6. The zero-order valence-electron chi connectivity index (χ0n) is 19.9. The van der Waals surface area contributed by atoms with E-state index < -0.39 is 5.97 Å². The summed E-state index contributed by atoms with van der Waals surface area (Å²) in [5.41, 5.74) is 0.106. The third kappa shape index (κ3) is 9.65. The molecule has 170 valence electrons. The van der Waals surface area contributed by atoms with Gasteiger partial charge in [0.25, 0.3) is 0 Å². The fourth-order valence-corrected chi connectivity index (χ4v) is 5.15. The third-order valence-corrected chi connectivity index (χ3v) is 6.23. The zero-order chi connectivity index (χ0) is 21.9. The Morgan fingerprint density at radius 2 is 1.38 bits per heavy atom. The van der Waals surface area contributed by atoms with Crippen LogP contribution >= 0.6 is 0 Å². The van der Waals surface area contributed by atoms with Crippen molar-refractivity contribution >= 4 is 5.97 Å². The average molecular weight is 410 g/mol. The monoisotopic (exact) mass is 409 g/mol. The van der Waals surface area contributed by atoms with Crippen molar-refractivity contribution in [2.24, 2.45) is 5.92 Å². The molecule has 0 atom stereocenters. The van der Waals surface area contributed by atoms with E-state index in [9.17, 15) is 4.79 Å². The van der Waals surface area contributed by atoms with E-state index in [1.54, 1.807) is 0 Å². The van der Waals surface area contributed by atoms with Crippen LogP contribution < -0.4 is 0 Å². The molecule has 0 saturated carbocycles. The highest BCUT2D eigenvalue weighted by Gasteiger charge is 2.46. The number of piperidine rings is 1. The number of rotatable bonds is 15. The topological polar surface area (TPSA) is 49.8 Å². The highest BCUT2D eigenvalue weighted by molar-refractivity contribution is 5.85. The maximum atomic E-state index is 11.2. The number of carboxylic acids is 1. The first kappa shape index (κ1) is 26.2. The third-order valence-electron chi connectivity index (χ3n) is 6.23. The first-order valence-electron chi connectivity index (χ1n) is 11.9. The van der Waals surface area contributed by atoms with E-state index in [0.717, 1.165) is 25.9 Å². The molecule has 1 fully saturated rings. The van der Waals surface area contributed by atoms with Crippen molar-refractivity contribution < 1.29 is 14.7 Å². The molecule has 0 radical (unpaired) electrons. The summed E-state index contributed by atoms with van der Waals surface area (Å²) in [6.07, 6.45) is 15.7. The van der Waals surface area contributed by atoms with Gasteiger partial charge in [0, 0.05) is 16.7 Å². The van der Waals surface area contributed by atoms with Crippen molar-refractivity contribution in [1.82, 2.24) is 5.06 Å². The van der Waals surface area contributed by atoms with E-state index in [2.05, 4.69) is 46.3 Å². The van der Waals surface area contributed by atoms with Crippen molar-refractivity contribution in [3.8, 4) is 0 Å². The van der Waals surface area contributed by atoms with Gasteiger partial charge in [-0.1, -0.05) is 71.3 Å². The molecule has 0 aromatic carbocycles. The molecule has 0 unspecified atom stereocenters. The van der Waals surface area contributed by atoms with E-state index in [4.69, 9.17) is 9.94 Å². The summed E-state index contributed by atoms with van der Waals surface area (Å²) in [5, 5.41) is 11.3. The van der Waals surface area contributed by atoms with E-state index in [1.165, 1.54) is 57.8 Å². The quantitative estimate of drug-likeness (QED) is 0.231. The Balaban J connectivity index is 2.30. The molecule has 29 heavy (non-hydrogen) atoms. The Morgan fingerprint density at radius 3 is 1.83 bits per heavy atom. The Morgan fingerprint density at radius 1 is 0.931 bits per heavy atom. The van der Waals surface area contributed by atoms with Gasteiger partial charge in [-0.15, -0.1) is 0 Å². The molecule has 4 nitrogen and oxygen atoms in total. The van der Waals surface area contributed by atoms with Crippen LogP contribution in [-0.4, -0.2) is 33.8 Å². The van der Waals surface area contributed by atoms with Crippen LogP contribution in [0.1, 0.15) is 118 Å². The smallest absolute Gasteiger partial charge is 0.330 e. The summed E-state index contributed by atoms with van der Waals surface area (Å²) in [5.74, 6) is -0.541. The van der Waals surface area contributed by atoms with Gasteiger partial charge in [-0.25, -0.2) is 4.79 Å². The predicted molar refractivity (Wildman–Crippen MR) is 122 cm³/mol. The summed E-state index contributed by atoms with van der Waals surface area (Å²) in [7, 11) is 0. The molecule has 0 spiro atoms. The Labute approximate surface area is 180 Å². The van der Waals surface area contributed by atoms with Crippen molar-refractivity contribution in [2.45, 2.75) is 129 Å². The van der Waals surface area contributed by atoms with Crippen LogP contribution in [0.15, 0.2) is 12.2 Å². The Bertz CT molecular complexity index is 480. The number of hydrogen-bond acceptors (Lipinski definition) is 3. The van der Waals surface area contributed by atoms with Crippen LogP contribution in [0, 0.1) is 5.92 Å². The van der Waals surface area contributed by atoms with E-state index in [1.807, 2.05) is 0 Å². The second-order valence-corrected chi connectivity index (χ2v) is 10.3. The molecule has 0 aliphatic carbocycles. The molecule has 0 bridgehead atoms. The van der Waals surface area contributed by atoms with Gasteiger partial charge in [0.1, 0.15) is 0 Å². The second-order valence-electron chi connectivity index (χ2n) is 10.3. The molecule has 1 N–H and O–H groups in total. The van der Waals surface area contributed by atoms with Gasteiger partial charge < -0.3 is 5.11 Å². The molecule has 0 amide bonds. The molecule has 1 heterocycles. The first-order valence-corrected chi connectivity index (χ1v) is 11.9. The van der Waals surface area contributed by atoms with Gasteiger partial charge in [-0.2, -0.15) is 5.06 Å². The number of unbranched alkanes of at least 4 members (excludes halogenated alkanes) is 9. The molecule has 1 aliphatic rings. The summed E-state index contributed by atoms with van der Waals surface area (Å²) in [6, 6.07) is 0. The molecule has 1 rings (SSSR count). The number of carboxylic acid groups (broad SMARTS) is 1. The predicted octanol–water partition coefficient (Wildman–Crippen LogP) is 7.14. The number of hydroxylamine groups is 2. The molecule has 0 aromatic rings. The molecule has 4 heteroatoms. The van der Waals surface area contributed by atoms with Crippen molar-refractivity contribution in [2.75, 3.05) is 6.61 Å². The van der Waals surface area contributed by atoms with Crippen LogP contribution in [0.3, 0.4) is 0 Å². The van der Waals surface area contributed by atoms with Gasteiger partial charge >= 0.3 is 5.97 Å². The highest BCUT2D eigenvalue weighted by Crippen LogP contribution is 2.43. The highest BCUT2D eigenvalue weighted by atomic mass is 16.7. The normalized spacial score (nSPS) is 19.3. The molecular formula is C25H47NO3. The van der Waals surface area contributed by atoms with Gasteiger partial charge in [0.2, 0.25) is 0 Å². The lowest BCUT2D eigenvalue weighted by Crippen LogP contribution is -2.60. The maximum absolute atomic E-state index is 11.2. The fraction of sp³-hybridized carbons (Fsp3) is 0.880. The molecule has 0 aromatic heterocycles. The van der Waals surface area contributed by atoms with Crippen molar-refractivity contribution in [3.05, 3.63) is 12.2 Å². The van der Waals surface area contributed by atoms with Crippen LogP contribution in [0.2, 0.25) is 0 Å². The van der Waals surface area contributed by atoms with E-state index in [-0.39, 0.29) is 11.1 Å². The summed E-state index contributed by atoms with van der Waals surface area (Å²) in [4.78, 5) is 17.4. The van der Waals surface area contributed by atoms with Crippen molar-refractivity contribution in [1.29, 1.82) is 0 Å². The second kappa shape index (κ2) is 12.7. The number of carbonyl (C=O) groups is 1. The average Bonchev–Trinajstić information content (AvgIpc) is 2.60. The number of hydrogen-bond donors (Lipinski definition) is 1. The van der Waals surface area contributed by atoms with Crippen LogP contribution in [0.4, 0.5) is 0 Å². The van der Waals surface area contributed by atoms with Gasteiger partial charge in [0.05, 0.1) is 6.61 Å². The van der Waals surface area contributed by atoms with Crippen LogP contribution in [-0.2, 0) is 9.63 Å². The summed E-state index contributed by atoms with van der Waals surface area (Å²) < 4.78 is 0. The van der Waals surface area contributed by atoms with Gasteiger partial charge in [0.15, 0.2) is 0 Å². The SMILES string of the molecule is C=C(CC1CC(C)(C)N(OCCCCCCCCCCCC)C(C)(C)C1)C(=O)O. The van der Waals surface area contributed by atoms with E-state index in [0.29, 0.717) is 17.9 Å². The van der Waals surface area contributed by atoms with Crippen molar-refractivity contribution in [3.63, 3.8) is 0 Å². The molecule has 1 aliphatic heterocycles. The Kier molecular flexibility index (Phi) is 11.5. The summed E-state index contributed by atoms with van der Waals surface area (Å²) >= 11 is 0. The zero-order valence-corrected chi connectivity index (χ0v) is 19.9. The largest absolute Gasteiger partial charge is 0.478 e. The minimum Gasteiger partial charge on any atom is -0.478 e. The minimum absolute atomic E-state index is 0.107. The number of aliphatic carboxylic acids is 1. The van der Waals surface area contributed by atoms with Gasteiger partial charge in [-0.05, 0) is 59.3 Å². The lowest BCUT2D eigenvalue weighted by atomic mass is 9.73. The van der Waals surface area contributed by atoms with Crippen LogP contribution in [0.5, 0.6) is 0 Å². The molecular weight excluding hydrogens is 362 g/mol. The lowest BCUT2D eigenvalue weighted by molar-refractivity contribution is -0.288. The van der Waals surface area contributed by atoms with Crippen LogP contribution in [0.25, 0.3) is 0 Å². The summed E-state index contributed by atoms with van der Waals surface area (Å²) in [6.45, 7) is 15.6. The lowest BCUT2D eigenvalue weighted by Gasteiger charge is -2.54. The maximum Gasteiger partial charge on any atom is 0.330 e. The van der Waals surface area contributed by atoms with E-state index >= 15 is 0 Å². The Hall–Kier alpha value is -0.870.